The number of amides is 2. The lowest BCUT2D eigenvalue weighted by molar-refractivity contribution is -0.384. The molecule has 0 N–H and O–H groups in total. The van der Waals surface area contributed by atoms with Crippen LogP contribution in [0.3, 0.4) is 0 Å². The molecule has 2 aromatic rings. The number of piperazine rings is 1. The lowest BCUT2D eigenvalue weighted by Gasteiger charge is -2.36. The summed E-state index contributed by atoms with van der Waals surface area (Å²) in [5.41, 5.74) is 3.08. The summed E-state index contributed by atoms with van der Waals surface area (Å²) in [6.07, 6.45) is 0.587. The normalized spacial score (nSPS) is 16.9. The van der Waals surface area contributed by atoms with E-state index in [1.54, 1.807) is 17.0 Å². The van der Waals surface area contributed by atoms with E-state index in [0.717, 1.165) is 11.3 Å². The van der Waals surface area contributed by atoms with E-state index >= 15 is 0 Å². The smallest absolute Gasteiger partial charge is 0.270 e. The lowest BCUT2D eigenvalue weighted by Crippen LogP contribution is -2.51. The summed E-state index contributed by atoms with van der Waals surface area (Å²) >= 11 is 0. The molecular weight excluding hydrogens is 398 g/mol. The van der Waals surface area contributed by atoms with Gasteiger partial charge in [0.25, 0.3) is 11.6 Å². The van der Waals surface area contributed by atoms with Gasteiger partial charge in [0.05, 0.1) is 10.6 Å². The zero-order valence-corrected chi connectivity index (χ0v) is 17.2. The van der Waals surface area contributed by atoms with Gasteiger partial charge in [-0.05, 0) is 31.2 Å². The Morgan fingerprint density at radius 3 is 2.16 bits per heavy atom. The van der Waals surface area contributed by atoms with Crippen LogP contribution in [0.1, 0.15) is 18.4 Å². The van der Waals surface area contributed by atoms with E-state index < -0.39 is 4.92 Å². The number of aryl methyl sites for hydroxylation is 1. The molecule has 0 unspecified atom stereocenters. The Morgan fingerprint density at radius 1 is 0.935 bits per heavy atom. The van der Waals surface area contributed by atoms with E-state index in [1.165, 1.54) is 17.1 Å². The van der Waals surface area contributed by atoms with Gasteiger partial charge in [-0.15, -0.1) is 0 Å². The lowest BCUT2D eigenvalue weighted by atomic mass is 10.1. The molecule has 1 fully saturated rings. The van der Waals surface area contributed by atoms with Gasteiger partial charge in [0.2, 0.25) is 5.91 Å². The molecule has 9 nitrogen and oxygen atoms in total. The molecule has 4 rings (SSSR count). The number of anilines is 2. The molecule has 2 heterocycles. The maximum absolute atomic E-state index is 13.0. The van der Waals surface area contributed by atoms with Gasteiger partial charge in [0, 0.05) is 56.8 Å². The fraction of sp³-hybridized carbons (Fsp3) is 0.318. The topological polar surface area (TPSA) is 99.4 Å². The standard InChI is InChI=1S/C22H23N5O4/c1-16-2-4-18(5-3-16)26-21(28)11-10-20(23-26)22(29)25-14-12-24(13-15-25)17-6-8-19(9-7-17)27(30)31/h2-9H,10-15H2,1H3. The van der Waals surface area contributed by atoms with E-state index in [0.29, 0.717) is 44.0 Å². The third kappa shape index (κ3) is 4.40. The Hall–Kier alpha value is -3.75. The Kier molecular flexibility index (Phi) is 5.66. The average molecular weight is 421 g/mol. The SMILES string of the molecule is Cc1ccc(N2N=C(C(=O)N3CCN(c4ccc([N+](=O)[O-])cc4)CC3)CCC2=O)cc1. The molecule has 0 aliphatic carbocycles. The van der Waals surface area contributed by atoms with Gasteiger partial charge < -0.3 is 9.80 Å². The summed E-state index contributed by atoms with van der Waals surface area (Å²) in [5, 5.41) is 16.5. The summed E-state index contributed by atoms with van der Waals surface area (Å²) in [5.74, 6) is -0.267. The molecule has 0 radical (unpaired) electrons. The predicted octanol–water partition coefficient (Wildman–Crippen LogP) is 2.73. The highest BCUT2D eigenvalue weighted by Crippen LogP contribution is 2.23. The minimum Gasteiger partial charge on any atom is -0.368 e. The van der Waals surface area contributed by atoms with Crippen molar-refractivity contribution in [3.05, 3.63) is 64.2 Å². The summed E-state index contributed by atoms with van der Waals surface area (Å²) in [4.78, 5) is 39.6. The fourth-order valence-corrected chi connectivity index (χ4v) is 3.73. The summed E-state index contributed by atoms with van der Waals surface area (Å²) in [6.45, 7) is 4.26. The summed E-state index contributed by atoms with van der Waals surface area (Å²) < 4.78 is 0. The van der Waals surface area contributed by atoms with Gasteiger partial charge in [-0.2, -0.15) is 5.10 Å². The number of carbonyl (C=O) groups is 2. The molecule has 2 aliphatic heterocycles. The molecule has 2 aliphatic rings. The molecule has 0 aromatic heterocycles. The second-order valence-corrected chi connectivity index (χ2v) is 7.64. The first kappa shape index (κ1) is 20.5. The second-order valence-electron chi connectivity index (χ2n) is 7.64. The van der Waals surface area contributed by atoms with Crippen LogP contribution in [0.4, 0.5) is 17.1 Å². The van der Waals surface area contributed by atoms with E-state index in [1.807, 2.05) is 31.2 Å². The molecule has 160 valence electrons. The molecule has 31 heavy (non-hydrogen) atoms. The number of nitrogens with zero attached hydrogens (tertiary/aromatic N) is 5. The summed E-state index contributed by atoms with van der Waals surface area (Å²) in [6, 6.07) is 13.9. The quantitative estimate of drug-likeness (QED) is 0.558. The van der Waals surface area contributed by atoms with Gasteiger partial charge in [0.15, 0.2) is 0 Å². The molecule has 2 amide bonds. The molecule has 1 saturated heterocycles. The molecule has 0 bridgehead atoms. The first-order valence-corrected chi connectivity index (χ1v) is 10.2. The number of carbonyl (C=O) groups excluding carboxylic acids is 2. The Morgan fingerprint density at radius 2 is 1.55 bits per heavy atom. The second kappa shape index (κ2) is 8.55. The van der Waals surface area contributed by atoms with Crippen molar-refractivity contribution >= 4 is 34.6 Å². The number of hydrogen-bond acceptors (Lipinski definition) is 6. The number of hydrogen-bond donors (Lipinski definition) is 0. The zero-order valence-electron chi connectivity index (χ0n) is 17.2. The highest BCUT2D eigenvalue weighted by Gasteiger charge is 2.30. The van der Waals surface area contributed by atoms with Crippen molar-refractivity contribution < 1.29 is 14.5 Å². The van der Waals surface area contributed by atoms with Crippen molar-refractivity contribution in [2.24, 2.45) is 5.10 Å². The van der Waals surface area contributed by atoms with Crippen LogP contribution < -0.4 is 9.91 Å². The first-order valence-electron chi connectivity index (χ1n) is 10.2. The highest BCUT2D eigenvalue weighted by molar-refractivity contribution is 6.40. The van der Waals surface area contributed by atoms with Crippen molar-refractivity contribution in [2.75, 3.05) is 36.1 Å². The van der Waals surface area contributed by atoms with Crippen molar-refractivity contribution in [3.63, 3.8) is 0 Å². The Balaban J connectivity index is 1.42. The number of nitro groups is 1. The van der Waals surface area contributed by atoms with Crippen LogP contribution in [0, 0.1) is 17.0 Å². The fourth-order valence-electron chi connectivity index (χ4n) is 3.73. The molecule has 0 atom stereocenters. The van der Waals surface area contributed by atoms with Crippen LogP contribution >= 0.6 is 0 Å². The molecular formula is C22H23N5O4. The molecule has 9 heteroatoms. The van der Waals surface area contributed by atoms with Crippen LogP contribution in [-0.2, 0) is 9.59 Å². The van der Waals surface area contributed by atoms with Crippen molar-refractivity contribution in [2.45, 2.75) is 19.8 Å². The van der Waals surface area contributed by atoms with E-state index in [9.17, 15) is 19.7 Å². The number of rotatable bonds is 4. The number of non-ortho nitro benzene ring substituents is 1. The molecule has 0 saturated carbocycles. The van der Waals surface area contributed by atoms with Gasteiger partial charge in [-0.1, -0.05) is 17.7 Å². The van der Waals surface area contributed by atoms with E-state index in [2.05, 4.69) is 10.0 Å². The van der Waals surface area contributed by atoms with E-state index in [4.69, 9.17) is 0 Å². The largest absolute Gasteiger partial charge is 0.368 e. The van der Waals surface area contributed by atoms with Gasteiger partial charge >= 0.3 is 0 Å². The summed E-state index contributed by atoms with van der Waals surface area (Å²) in [7, 11) is 0. The van der Waals surface area contributed by atoms with E-state index in [-0.39, 0.29) is 23.9 Å². The number of nitro benzene ring substituents is 1. The zero-order chi connectivity index (χ0) is 22.0. The van der Waals surface area contributed by atoms with Crippen LogP contribution in [0.2, 0.25) is 0 Å². The van der Waals surface area contributed by atoms with Crippen LogP contribution in [0.15, 0.2) is 53.6 Å². The van der Waals surface area contributed by atoms with Crippen molar-refractivity contribution in [1.29, 1.82) is 0 Å². The minimum absolute atomic E-state index is 0.0561. The monoisotopic (exact) mass is 421 g/mol. The van der Waals surface area contributed by atoms with Crippen molar-refractivity contribution in [1.82, 2.24) is 4.90 Å². The first-order chi connectivity index (χ1) is 14.9. The van der Waals surface area contributed by atoms with Gasteiger partial charge in [-0.3, -0.25) is 19.7 Å². The van der Waals surface area contributed by atoms with Gasteiger partial charge in [0.1, 0.15) is 5.71 Å². The maximum atomic E-state index is 13.0. The Labute approximate surface area is 179 Å². The minimum atomic E-state index is -0.421. The third-order valence-corrected chi connectivity index (χ3v) is 5.55. The molecule has 2 aromatic carbocycles. The maximum Gasteiger partial charge on any atom is 0.270 e. The van der Waals surface area contributed by atoms with Gasteiger partial charge in [-0.25, -0.2) is 5.01 Å². The Bertz CT molecular complexity index is 1020. The number of benzene rings is 2. The van der Waals surface area contributed by atoms with Crippen LogP contribution in [-0.4, -0.2) is 53.5 Å². The predicted molar refractivity (Wildman–Crippen MR) is 117 cm³/mol. The van der Waals surface area contributed by atoms with Crippen LogP contribution in [0.5, 0.6) is 0 Å². The third-order valence-electron chi connectivity index (χ3n) is 5.55. The molecule has 0 spiro atoms. The van der Waals surface area contributed by atoms with Crippen molar-refractivity contribution in [3.8, 4) is 0 Å². The highest BCUT2D eigenvalue weighted by atomic mass is 16.6. The average Bonchev–Trinajstić information content (AvgIpc) is 2.80. The number of hydrazone groups is 1. The van der Waals surface area contributed by atoms with Crippen LogP contribution in [0.25, 0.3) is 0 Å².